The average molecular weight is 412 g/mol. The Balaban J connectivity index is 1.25. The fourth-order valence-corrected chi connectivity index (χ4v) is 7.25. The van der Waals surface area contributed by atoms with Crippen LogP contribution in [0.5, 0.6) is 0 Å². The zero-order valence-corrected chi connectivity index (χ0v) is 18.0. The van der Waals surface area contributed by atoms with Crippen LogP contribution in [0.1, 0.15) is 55.2 Å². The molecule has 2 N–H and O–H groups in total. The van der Waals surface area contributed by atoms with Crippen LogP contribution in [0.3, 0.4) is 0 Å². The lowest BCUT2D eigenvalue weighted by Crippen LogP contribution is -2.58. The number of hydrogen-bond donors (Lipinski definition) is 2. The largest absolute Gasteiger partial charge is 0.361 e. The highest BCUT2D eigenvalue weighted by atomic mass is 16.2. The molecule has 4 heteroatoms. The zero-order chi connectivity index (χ0) is 21.1. The van der Waals surface area contributed by atoms with E-state index in [9.17, 15) is 4.79 Å². The predicted octanol–water partition coefficient (Wildman–Crippen LogP) is 5.46. The second-order valence-corrected chi connectivity index (χ2v) is 10.4. The maximum atomic E-state index is 13.5. The molecule has 7 rings (SSSR count). The van der Waals surface area contributed by atoms with Crippen molar-refractivity contribution in [2.45, 2.75) is 50.9 Å². The molecular weight excluding hydrogens is 382 g/mol. The molecule has 1 heterocycles. The van der Waals surface area contributed by atoms with Crippen LogP contribution in [0.2, 0.25) is 0 Å². The molecule has 4 saturated carbocycles. The number of nitrogens with zero attached hydrogens (tertiary/aromatic N) is 1. The monoisotopic (exact) mass is 411 g/mol. The van der Waals surface area contributed by atoms with Gasteiger partial charge in [0.25, 0.3) is 0 Å². The summed E-state index contributed by atoms with van der Waals surface area (Å²) in [5, 5.41) is 5.50. The van der Waals surface area contributed by atoms with Crippen molar-refractivity contribution in [1.82, 2.24) is 10.4 Å². The molecule has 1 aromatic heterocycles. The molecule has 0 spiro atoms. The van der Waals surface area contributed by atoms with Crippen LogP contribution in [-0.4, -0.2) is 17.1 Å². The Kier molecular flexibility index (Phi) is 4.14. The molecule has 0 aliphatic heterocycles. The van der Waals surface area contributed by atoms with Gasteiger partial charge in [-0.05, 0) is 74.3 Å². The van der Waals surface area contributed by atoms with E-state index in [1.807, 2.05) is 24.4 Å². The van der Waals surface area contributed by atoms with Crippen LogP contribution < -0.4 is 5.43 Å². The van der Waals surface area contributed by atoms with Crippen molar-refractivity contribution in [3.05, 3.63) is 71.4 Å². The summed E-state index contributed by atoms with van der Waals surface area (Å²) < 4.78 is 0. The number of aromatic nitrogens is 1. The highest BCUT2D eigenvalue weighted by molar-refractivity contribution is 5.99. The number of aromatic amines is 1. The number of aryl methyl sites for hydroxylation is 1. The first-order valence-electron chi connectivity index (χ1n) is 11.5. The third-order valence-corrected chi connectivity index (χ3v) is 8.20. The molecule has 2 aromatic carbocycles. The molecule has 158 valence electrons. The van der Waals surface area contributed by atoms with E-state index in [0.717, 1.165) is 35.7 Å². The fourth-order valence-electron chi connectivity index (χ4n) is 7.25. The van der Waals surface area contributed by atoms with Crippen molar-refractivity contribution >= 4 is 23.0 Å². The summed E-state index contributed by atoms with van der Waals surface area (Å²) in [6.07, 6.45) is 10.5. The smallest absolute Gasteiger partial charge is 0.246 e. The normalized spacial score (nSPS) is 31.5. The number of H-pyrrole nitrogens is 1. The van der Waals surface area contributed by atoms with Crippen molar-refractivity contribution in [3.8, 4) is 0 Å². The lowest BCUT2D eigenvalue weighted by atomic mass is 9.42. The summed E-state index contributed by atoms with van der Waals surface area (Å²) in [6, 6.07) is 17.2. The summed E-state index contributed by atoms with van der Waals surface area (Å²) >= 11 is 0. The van der Waals surface area contributed by atoms with Crippen LogP contribution in [-0.2, 0) is 10.2 Å². The van der Waals surface area contributed by atoms with Gasteiger partial charge in [-0.3, -0.25) is 4.79 Å². The van der Waals surface area contributed by atoms with Gasteiger partial charge in [0.15, 0.2) is 0 Å². The molecular formula is C27H29N3O. The fraction of sp³-hybridized carbons (Fsp3) is 0.407. The van der Waals surface area contributed by atoms with Crippen molar-refractivity contribution in [3.63, 3.8) is 0 Å². The predicted molar refractivity (Wildman–Crippen MR) is 124 cm³/mol. The van der Waals surface area contributed by atoms with Gasteiger partial charge in [0.2, 0.25) is 5.91 Å². The molecule has 2 atom stereocenters. The van der Waals surface area contributed by atoms with Gasteiger partial charge in [-0.1, -0.05) is 48.0 Å². The minimum atomic E-state index is -0.271. The quantitative estimate of drug-likeness (QED) is 0.434. The van der Waals surface area contributed by atoms with Crippen LogP contribution in [0.15, 0.2) is 59.8 Å². The van der Waals surface area contributed by atoms with Gasteiger partial charge in [-0.25, -0.2) is 5.43 Å². The molecule has 31 heavy (non-hydrogen) atoms. The third-order valence-electron chi connectivity index (χ3n) is 8.20. The molecule has 2 unspecified atom stereocenters. The Hall–Kier alpha value is -2.88. The molecule has 1 amide bonds. The van der Waals surface area contributed by atoms with Crippen LogP contribution >= 0.6 is 0 Å². The minimum Gasteiger partial charge on any atom is -0.361 e. The second kappa shape index (κ2) is 6.81. The lowest BCUT2D eigenvalue weighted by Gasteiger charge is -2.61. The van der Waals surface area contributed by atoms with E-state index in [1.165, 1.54) is 30.4 Å². The number of hydrazone groups is 1. The number of benzene rings is 2. The first kappa shape index (κ1) is 18.9. The number of para-hydroxylation sites is 1. The molecule has 4 bridgehead atoms. The maximum Gasteiger partial charge on any atom is 0.246 e. The molecule has 4 aliphatic carbocycles. The summed E-state index contributed by atoms with van der Waals surface area (Å²) in [6.45, 7) is 2.14. The topological polar surface area (TPSA) is 57.2 Å². The summed E-state index contributed by atoms with van der Waals surface area (Å²) in [7, 11) is 0. The number of fused-ring (bicyclic) bond motifs is 1. The van der Waals surface area contributed by atoms with Crippen LogP contribution in [0.4, 0.5) is 0 Å². The number of nitrogens with one attached hydrogen (secondary N) is 2. The van der Waals surface area contributed by atoms with Gasteiger partial charge in [0, 0.05) is 22.7 Å². The lowest BCUT2D eigenvalue weighted by molar-refractivity contribution is -0.149. The standard InChI is InChI=1S/C27H29N3O/c1-18-6-8-22(9-7-18)26-11-19-10-20(12-26)14-27(13-19,17-26)25(31)30-29-16-21-15-28-24-5-3-2-4-23(21)24/h2-9,15-16,19-20,28H,10-14,17H2,1H3,(H,30,31). The molecule has 3 aromatic rings. The van der Waals surface area contributed by atoms with Crippen molar-refractivity contribution < 1.29 is 4.79 Å². The molecule has 0 saturated heterocycles. The van der Waals surface area contributed by atoms with E-state index < -0.39 is 0 Å². The Morgan fingerprint density at radius 3 is 2.58 bits per heavy atom. The highest BCUT2D eigenvalue weighted by Crippen LogP contribution is 2.65. The first-order valence-corrected chi connectivity index (χ1v) is 11.5. The van der Waals surface area contributed by atoms with Crippen molar-refractivity contribution in [2.75, 3.05) is 0 Å². The van der Waals surface area contributed by atoms with E-state index >= 15 is 0 Å². The average Bonchev–Trinajstić information content (AvgIpc) is 3.16. The van der Waals surface area contributed by atoms with Crippen LogP contribution in [0, 0.1) is 24.2 Å². The number of carbonyl (C=O) groups is 1. The van der Waals surface area contributed by atoms with E-state index in [2.05, 4.69) is 52.8 Å². The van der Waals surface area contributed by atoms with Gasteiger partial charge >= 0.3 is 0 Å². The first-order chi connectivity index (χ1) is 15.1. The Morgan fingerprint density at radius 1 is 1.06 bits per heavy atom. The summed E-state index contributed by atoms with van der Waals surface area (Å²) in [4.78, 5) is 16.7. The van der Waals surface area contributed by atoms with E-state index in [-0.39, 0.29) is 16.7 Å². The number of rotatable bonds is 4. The number of carbonyl (C=O) groups excluding carboxylic acids is 1. The van der Waals surface area contributed by atoms with Gasteiger partial charge < -0.3 is 4.98 Å². The van der Waals surface area contributed by atoms with Crippen molar-refractivity contribution in [1.29, 1.82) is 0 Å². The third kappa shape index (κ3) is 3.03. The minimum absolute atomic E-state index is 0.120. The Bertz CT molecular complexity index is 1160. The Labute approximate surface area is 183 Å². The van der Waals surface area contributed by atoms with E-state index in [4.69, 9.17) is 0 Å². The second-order valence-electron chi connectivity index (χ2n) is 10.4. The molecule has 0 radical (unpaired) electrons. The molecule has 4 fully saturated rings. The number of amides is 1. The van der Waals surface area contributed by atoms with Gasteiger partial charge in [0.1, 0.15) is 0 Å². The van der Waals surface area contributed by atoms with Gasteiger partial charge in [0.05, 0.1) is 11.6 Å². The van der Waals surface area contributed by atoms with E-state index in [0.29, 0.717) is 11.8 Å². The maximum absolute atomic E-state index is 13.5. The van der Waals surface area contributed by atoms with Gasteiger partial charge in [-0.2, -0.15) is 5.10 Å². The summed E-state index contributed by atoms with van der Waals surface area (Å²) in [5.41, 5.74) is 7.64. The van der Waals surface area contributed by atoms with E-state index in [1.54, 1.807) is 6.21 Å². The SMILES string of the molecule is Cc1ccc(C23CC4CC(CC(C(=O)NN=Cc5c[nH]c6ccccc56)(C4)C2)C3)cc1. The molecule has 4 nitrogen and oxygen atoms in total. The van der Waals surface area contributed by atoms with Crippen LogP contribution in [0.25, 0.3) is 10.9 Å². The molecule has 4 aliphatic rings. The Morgan fingerprint density at radius 2 is 1.81 bits per heavy atom. The number of hydrogen-bond acceptors (Lipinski definition) is 2. The van der Waals surface area contributed by atoms with Gasteiger partial charge in [-0.15, -0.1) is 0 Å². The van der Waals surface area contributed by atoms with Crippen molar-refractivity contribution in [2.24, 2.45) is 22.4 Å². The zero-order valence-electron chi connectivity index (χ0n) is 18.0. The summed E-state index contributed by atoms with van der Waals surface area (Å²) in [5.74, 6) is 1.44. The highest BCUT2D eigenvalue weighted by Gasteiger charge is 2.60.